The third-order valence-corrected chi connectivity index (χ3v) is 2.13. The minimum Gasteiger partial charge on any atom is -0.461 e. The number of hydrogen-bond donors (Lipinski definition) is 0. The monoisotopic (exact) mass is 232 g/mol. The summed E-state index contributed by atoms with van der Waals surface area (Å²) < 4.78 is 4.89. The number of halogens is 2. The average molecular weight is 233 g/mol. The lowest BCUT2D eigenvalue weighted by Gasteiger charge is -2.05. The van der Waals surface area contributed by atoms with Crippen molar-refractivity contribution in [2.24, 2.45) is 0 Å². The quantitative estimate of drug-likeness (QED) is 0.590. The van der Waals surface area contributed by atoms with Gasteiger partial charge in [0.2, 0.25) is 0 Å². The second-order valence-corrected chi connectivity index (χ2v) is 3.26. The molecule has 0 saturated heterocycles. The first-order chi connectivity index (χ1) is 6.79. The molecule has 0 aromatic heterocycles. The Morgan fingerprint density at radius 1 is 1.29 bits per heavy atom. The Bertz CT molecular complexity index is 313. The lowest BCUT2D eigenvalue weighted by molar-refractivity contribution is 0.0528. The Kier molecular flexibility index (Phi) is 4.77. The highest BCUT2D eigenvalue weighted by molar-refractivity contribution is 6.18. The lowest BCUT2D eigenvalue weighted by atomic mass is 10.1. The number of ether oxygens (including phenoxy) is 1. The van der Waals surface area contributed by atoms with Crippen LogP contribution in [-0.2, 0) is 10.6 Å². The molecule has 0 aliphatic carbocycles. The summed E-state index contributed by atoms with van der Waals surface area (Å²) in [5, 5.41) is 0. The molecule has 1 aromatic rings. The van der Waals surface area contributed by atoms with Crippen LogP contribution in [0.15, 0.2) is 24.3 Å². The number of carbonyl (C=O) groups is 1. The van der Waals surface area contributed by atoms with Crippen molar-refractivity contribution in [1.29, 1.82) is 0 Å². The smallest absolute Gasteiger partial charge is 0.338 e. The van der Waals surface area contributed by atoms with Crippen LogP contribution in [0.3, 0.4) is 0 Å². The van der Waals surface area contributed by atoms with E-state index >= 15 is 0 Å². The molecule has 0 atom stereocenters. The Hall–Kier alpha value is -0.730. The molecule has 0 aliphatic rings. The van der Waals surface area contributed by atoms with Crippen molar-refractivity contribution in [3.05, 3.63) is 35.4 Å². The first kappa shape index (κ1) is 11.3. The summed E-state index contributed by atoms with van der Waals surface area (Å²) in [4.78, 5) is 11.4. The fourth-order valence-electron chi connectivity index (χ4n) is 1.04. The molecular weight excluding hydrogens is 223 g/mol. The first-order valence-corrected chi connectivity index (χ1v) is 5.23. The molecule has 0 fully saturated rings. The minimum absolute atomic E-state index is 0.219. The highest BCUT2D eigenvalue weighted by atomic mass is 35.5. The third kappa shape index (κ3) is 2.89. The summed E-state index contributed by atoms with van der Waals surface area (Å²) >= 11 is 11.1. The summed E-state index contributed by atoms with van der Waals surface area (Å²) in [7, 11) is 0. The van der Waals surface area contributed by atoms with Crippen molar-refractivity contribution < 1.29 is 9.53 Å². The van der Waals surface area contributed by atoms with Gasteiger partial charge in [0, 0.05) is 5.88 Å². The van der Waals surface area contributed by atoms with Crippen molar-refractivity contribution in [3.63, 3.8) is 0 Å². The number of carbonyl (C=O) groups excluding carboxylic acids is 1. The van der Waals surface area contributed by atoms with Gasteiger partial charge in [0.1, 0.15) is 6.61 Å². The van der Waals surface area contributed by atoms with E-state index in [1.54, 1.807) is 18.2 Å². The number of benzene rings is 1. The zero-order valence-corrected chi connectivity index (χ0v) is 9.02. The Morgan fingerprint density at radius 2 is 2.00 bits per heavy atom. The van der Waals surface area contributed by atoms with E-state index in [1.807, 2.05) is 6.07 Å². The summed E-state index contributed by atoms with van der Waals surface area (Å²) in [6.07, 6.45) is 0. The molecule has 0 bridgehead atoms. The Balaban J connectivity index is 2.78. The standard InChI is InChI=1S/C10H10Cl2O2/c11-5-6-14-10(13)9-4-2-1-3-8(9)7-12/h1-4H,5-7H2. The molecule has 2 nitrogen and oxygen atoms in total. The molecule has 1 aromatic carbocycles. The van der Waals surface area contributed by atoms with Crippen LogP contribution in [0.25, 0.3) is 0 Å². The van der Waals surface area contributed by atoms with Crippen molar-refractivity contribution in [1.82, 2.24) is 0 Å². The predicted octanol–water partition coefficient (Wildman–Crippen LogP) is 2.82. The van der Waals surface area contributed by atoms with Crippen LogP contribution < -0.4 is 0 Å². The fraction of sp³-hybridized carbons (Fsp3) is 0.300. The molecular formula is C10H10Cl2O2. The van der Waals surface area contributed by atoms with E-state index in [4.69, 9.17) is 27.9 Å². The fourth-order valence-corrected chi connectivity index (χ4v) is 1.36. The van der Waals surface area contributed by atoms with Gasteiger partial charge >= 0.3 is 5.97 Å². The van der Waals surface area contributed by atoms with Crippen LogP contribution in [-0.4, -0.2) is 18.5 Å². The van der Waals surface area contributed by atoms with Crippen LogP contribution in [0.4, 0.5) is 0 Å². The van der Waals surface area contributed by atoms with Gasteiger partial charge in [-0.2, -0.15) is 0 Å². The minimum atomic E-state index is -0.373. The van der Waals surface area contributed by atoms with E-state index in [0.717, 1.165) is 5.56 Å². The number of alkyl halides is 2. The zero-order chi connectivity index (χ0) is 10.4. The summed E-state index contributed by atoms with van der Waals surface area (Å²) in [5.41, 5.74) is 1.28. The molecule has 0 N–H and O–H groups in total. The summed E-state index contributed by atoms with van der Waals surface area (Å²) in [5.74, 6) is 0.225. The van der Waals surface area contributed by atoms with Gasteiger partial charge in [-0.3, -0.25) is 0 Å². The number of rotatable bonds is 4. The van der Waals surface area contributed by atoms with Gasteiger partial charge in [-0.25, -0.2) is 4.79 Å². The Morgan fingerprint density at radius 3 is 2.64 bits per heavy atom. The van der Waals surface area contributed by atoms with Crippen LogP contribution in [0.2, 0.25) is 0 Å². The van der Waals surface area contributed by atoms with Crippen molar-refractivity contribution in [3.8, 4) is 0 Å². The van der Waals surface area contributed by atoms with E-state index in [0.29, 0.717) is 17.3 Å². The topological polar surface area (TPSA) is 26.3 Å². The molecule has 0 saturated carbocycles. The molecule has 0 radical (unpaired) electrons. The van der Waals surface area contributed by atoms with Gasteiger partial charge < -0.3 is 4.74 Å². The van der Waals surface area contributed by atoms with Gasteiger partial charge in [0.05, 0.1) is 11.4 Å². The second kappa shape index (κ2) is 5.89. The van der Waals surface area contributed by atoms with Gasteiger partial charge in [0.25, 0.3) is 0 Å². The maximum atomic E-state index is 11.4. The molecule has 76 valence electrons. The highest BCUT2D eigenvalue weighted by Crippen LogP contribution is 2.12. The SMILES string of the molecule is O=C(OCCCl)c1ccccc1CCl. The zero-order valence-electron chi connectivity index (χ0n) is 7.50. The maximum Gasteiger partial charge on any atom is 0.338 e. The van der Waals surface area contributed by atoms with Gasteiger partial charge in [0.15, 0.2) is 0 Å². The van der Waals surface area contributed by atoms with Crippen LogP contribution in [0.5, 0.6) is 0 Å². The Labute approximate surface area is 92.8 Å². The first-order valence-electron chi connectivity index (χ1n) is 4.16. The largest absolute Gasteiger partial charge is 0.461 e. The van der Waals surface area contributed by atoms with E-state index in [-0.39, 0.29) is 12.6 Å². The lowest BCUT2D eigenvalue weighted by Crippen LogP contribution is -2.09. The van der Waals surface area contributed by atoms with Crippen LogP contribution >= 0.6 is 23.2 Å². The van der Waals surface area contributed by atoms with Crippen molar-refractivity contribution in [2.75, 3.05) is 12.5 Å². The van der Waals surface area contributed by atoms with Crippen LogP contribution in [0.1, 0.15) is 15.9 Å². The summed E-state index contributed by atoms with van der Waals surface area (Å²) in [6, 6.07) is 7.09. The molecule has 14 heavy (non-hydrogen) atoms. The number of hydrogen-bond acceptors (Lipinski definition) is 2. The van der Waals surface area contributed by atoms with Gasteiger partial charge in [-0.1, -0.05) is 18.2 Å². The molecule has 0 aliphatic heterocycles. The van der Waals surface area contributed by atoms with Gasteiger partial charge in [-0.05, 0) is 11.6 Å². The van der Waals surface area contributed by atoms with Crippen molar-refractivity contribution >= 4 is 29.2 Å². The third-order valence-electron chi connectivity index (χ3n) is 1.69. The van der Waals surface area contributed by atoms with Crippen LogP contribution in [0, 0.1) is 0 Å². The average Bonchev–Trinajstić information content (AvgIpc) is 2.25. The van der Waals surface area contributed by atoms with Crippen molar-refractivity contribution in [2.45, 2.75) is 5.88 Å². The predicted molar refractivity (Wildman–Crippen MR) is 57.0 cm³/mol. The van der Waals surface area contributed by atoms with E-state index in [9.17, 15) is 4.79 Å². The molecule has 0 spiro atoms. The maximum absolute atomic E-state index is 11.4. The van der Waals surface area contributed by atoms with E-state index < -0.39 is 0 Å². The highest BCUT2D eigenvalue weighted by Gasteiger charge is 2.10. The van der Waals surface area contributed by atoms with Gasteiger partial charge in [-0.15, -0.1) is 23.2 Å². The number of esters is 1. The molecule has 0 unspecified atom stereocenters. The normalized spacial score (nSPS) is 9.86. The van der Waals surface area contributed by atoms with E-state index in [1.165, 1.54) is 0 Å². The molecule has 0 heterocycles. The molecule has 0 amide bonds. The molecule has 4 heteroatoms. The summed E-state index contributed by atoms with van der Waals surface area (Å²) in [6.45, 7) is 0.219. The molecule has 1 rings (SSSR count). The second-order valence-electron chi connectivity index (χ2n) is 2.62. The van der Waals surface area contributed by atoms with E-state index in [2.05, 4.69) is 0 Å².